The minimum atomic E-state index is -0.313. The highest BCUT2D eigenvalue weighted by Crippen LogP contribution is 2.28. The van der Waals surface area contributed by atoms with Crippen LogP contribution in [-0.4, -0.2) is 25.6 Å². The zero-order valence-corrected chi connectivity index (χ0v) is 15.7. The SMILES string of the molecule is CC(O)Cc1cc(-c2ccc3nc(-c4ccc5cc[nH]c5c4)cn3c2)cs1. The van der Waals surface area contributed by atoms with Crippen LogP contribution in [0.2, 0.25) is 0 Å². The van der Waals surface area contributed by atoms with Crippen LogP contribution in [0.3, 0.4) is 0 Å². The second kappa shape index (κ2) is 6.37. The number of benzene rings is 1. The third-order valence-electron chi connectivity index (χ3n) is 4.79. The van der Waals surface area contributed by atoms with Gasteiger partial charge in [-0.15, -0.1) is 11.3 Å². The molecule has 0 aliphatic heterocycles. The number of aliphatic hydroxyl groups is 1. The van der Waals surface area contributed by atoms with Gasteiger partial charge in [-0.25, -0.2) is 4.98 Å². The number of nitrogens with zero attached hydrogens (tertiary/aromatic N) is 2. The van der Waals surface area contributed by atoms with Crippen molar-refractivity contribution in [2.45, 2.75) is 19.4 Å². The van der Waals surface area contributed by atoms with Crippen LogP contribution in [0.15, 0.2) is 66.4 Å². The first kappa shape index (κ1) is 16.3. The monoisotopic (exact) mass is 373 g/mol. The second-order valence-electron chi connectivity index (χ2n) is 6.94. The Kier molecular flexibility index (Phi) is 3.85. The van der Waals surface area contributed by atoms with E-state index in [0.717, 1.165) is 28.0 Å². The maximum Gasteiger partial charge on any atom is 0.137 e. The number of thiophene rings is 1. The molecule has 0 saturated carbocycles. The topological polar surface area (TPSA) is 53.3 Å². The molecule has 134 valence electrons. The summed E-state index contributed by atoms with van der Waals surface area (Å²) in [6.07, 6.45) is 6.53. The molecule has 2 N–H and O–H groups in total. The summed E-state index contributed by atoms with van der Waals surface area (Å²) in [6, 6.07) is 14.8. The summed E-state index contributed by atoms with van der Waals surface area (Å²) in [7, 11) is 0. The standard InChI is InChI=1S/C22H19N3OS/c1-14(26)8-19-9-18(13-27-19)17-4-5-22-24-21(12-25(22)11-17)16-3-2-15-6-7-23-20(15)10-16/h2-7,9-14,23,26H,8H2,1H3. The Morgan fingerprint density at radius 1 is 1.07 bits per heavy atom. The average Bonchev–Trinajstić information content (AvgIpc) is 3.38. The smallest absolute Gasteiger partial charge is 0.137 e. The first-order valence-corrected chi connectivity index (χ1v) is 9.86. The van der Waals surface area contributed by atoms with E-state index in [4.69, 9.17) is 4.98 Å². The molecule has 0 aliphatic carbocycles. The molecular formula is C22H19N3OS. The lowest BCUT2D eigenvalue weighted by atomic mass is 10.1. The summed E-state index contributed by atoms with van der Waals surface area (Å²) >= 11 is 1.69. The Morgan fingerprint density at radius 2 is 1.96 bits per heavy atom. The Labute approximate surface area is 160 Å². The quantitative estimate of drug-likeness (QED) is 0.459. The van der Waals surface area contributed by atoms with Gasteiger partial charge in [-0.2, -0.15) is 0 Å². The molecule has 0 spiro atoms. The van der Waals surface area contributed by atoms with Gasteiger partial charge in [0.1, 0.15) is 5.65 Å². The number of fused-ring (bicyclic) bond motifs is 2. The number of aromatic amines is 1. The number of aromatic nitrogens is 3. The number of aliphatic hydroxyl groups excluding tert-OH is 1. The maximum atomic E-state index is 9.58. The predicted octanol–water partition coefficient (Wildman–Crippen LogP) is 5.13. The van der Waals surface area contributed by atoms with Crippen molar-refractivity contribution >= 4 is 27.9 Å². The van der Waals surface area contributed by atoms with Crippen LogP contribution < -0.4 is 0 Å². The van der Waals surface area contributed by atoms with Crippen LogP contribution in [0.25, 0.3) is 38.9 Å². The Balaban J connectivity index is 1.51. The van der Waals surface area contributed by atoms with Crippen LogP contribution in [-0.2, 0) is 6.42 Å². The molecule has 5 aromatic rings. The van der Waals surface area contributed by atoms with Gasteiger partial charge in [-0.05, 0) is 59.1 Å². The molecule has 4 nitrogen and oxygen atoms in total. The first-order valence-electron chi connectivity index (χ1n) is 8.98. The summed E-state index contributed by atoms with van der Waals surface area (Å²) in [5, 5.41) is 12.9. The van der Waals surface area contributed by atoms with E-state index in [0.29, 0.717) is 6.42 Å². The van der Waals surface area contributed by atoms with Crippen molar-refractivity contribution in [3.05, 3.63) is 71.3 Å². The van der Waals surface area contributed by atoms with E-state index >= 15 is 0 Å². The zero-order chi connectivity index (χ0) is 18.4. The van der Waals surface area contributed by atoms with E-state index in [-0.39, 0.29) is 6.10 Å². The maximum absolute atomic E-state index is 9.58. The second-order valence-corrected chi connectivity index (χ2v) is 7.94. The number of hydrogen-bond donors (Lipinski definition) is 2. The van der Waals surface area contributed by atoms with Gasteiger partial charge in [0.05, 0.1) is 11.8 Å². The molecule has 5 rings (SSSR count). The molecule has 0 fully saturated rings. The van der Waals surface area contributed by atoms with Crippen LogP contribution >= 0.6 is 11.3 Å². The van der Waals surface area contributed by atoms with Crippen LogP contribution in [0, 0.1) is 0 Å². The van der Waals surface area contributed by atoms with E-state index < -0.39 is 0 Å². The first-order chi connectivity index (χ1) is 13.2. The van der Waals surface area contributed by atoms with E-state index in [9.17, 15) is 5.11 Å². The molecule has 0 aliphatic rings. The number of hydrogen-bond acceptors (Lipinski definition) is 3. The molecule has 0 radical (unpaired) electrons. The molecular weight excluding hydrogens is 354 g/mol. The van der Waals surface area contributed by atoms with Crippen molar-refractivity contribution in [3.8, 4) is 22.4 Å². The molecule has 27 heavy (non-hydrogen) atoms. The number of rotatable bonds is 4. The summed E-state index contributed by atoms with van der Waals surface area (Å²) in [5.74, 6) is 0. The molecule has 1 aromatic carbocycles. The Hall–Kier alpha value is -2.89. The lowest BCUT2D eigenvalue weighted by Gasteiger charge is -2.00. The van der Waals surface area contributed by atoms with Gasteiger partial charge in [0.25, 0.3) is 0 Å². The number of nitrogens with one attached hydrogen (secondary N) is 1. The van der Waals surface area contributed by atoms with E-state index in [2.05, 4.69) is 69.6 Å². The normalized spacial score (nSPS) is 12.8. The van der Waals surface area contributed by atoms with Gasteiger partial charge in [0, 0.05) is 41.0 Å². The molecule has 1 unspecified atom stereocenters. The molecule has 5 heteroatoms. The molecule has 4 heterocycles. The van der Waals surface area contributed by atoms with Crippen molar-refractivity contribution in [2.75, 3.05) is 0 Å². The van der Waals surface area contributed by atoms with Crippen LogP contribution in [0.4, 0.5) is 0 Å². The molecule has 0 bridgehead atoms. The number of pyridine rings is 1. The molecule has 1 atom stereocenters. The number of imidazole rings is 1. The minimum absolute atomic E-state index is 0.313. The van der Waals surface area contributed by atoms with Gasteiger partial charge < -0.3 is 14.5 Å². The van der Waals surface area contributed by atoms with E-state index in [1.807, 2.05) is 13.1 Å². The lowest BCUT2D eigenvalue weighted by Crippen LogP contribution is -2.01. The van der Waals surface area contributed by atoms with Crippen LogP contribution in [0.5, 0.6) is 0 Å². The highest BCUT2D eigenvalue weighted by atomic mass is 32.1. The molecule has 0 saturated heterocycles. The Morgan fingerprint density at radius 3 is 2.85 bits per heavy atom. The predicted molar refractivity (Wildman–Crippen MR) is 111 cm³/mol. The van der Waals surface area contributed by atoms with Crippen molar-refractivity contribution in [3.63, 3.8) is 0 Å². The zero-order valence-electron chi connectivity index (χ0n) is 14.9. The van der Waals surface area contributed by atoms with Gasteiger partial charge in [-0.3, -0.25) is 0 Å². The van der Waals surface area contributed by atoms with Crippen LogP contribution in [0.1, 0.15) is 11.8 Å². The van der Waals surface area contributed by atoms with Gasteiger partial charge in [-0.1, -0.05) is 12.1 Å². The van der Waals surface area contributed by atoms with Crippen molar-refractivity contribution < 1.29 is 5.11 Å². The molecule has 4 aromatic heterocycles. The largest absolute Gasteiger partial charge is 0.393 e. The Bertz CT molecular complexity index is 1240. The third kappa shape index (κ3) is 3.05. The highest BCUT2D eigenvalue weighted by Gasteiger charge is 2.09. The van der Waals surface area contributed by atoms with E-state index in [1.54, 1.807) is 11.3 Å². The fourth-order valence-electron chi connectivity index (χ4n) is 3.44. The fraction of sp³-hybridized carbons (Fsp3) is 0.136. The summed E-state index contributed by atoms with van der Waals surface area (Å²) < 4.78 is 2.08. The highest BCUT2D eigenvalue weighted by molar-refractivity contribution is 7.10. The fourth-order valence-corrected chi connectivity index (χ4v) is 4.45. The van der Waals surface area contributed by atoms with Crippen molar-refractivity contribution in [2.24, 2.45) is 0 Å². The third-order valence-corrected chi connectivity index (χ3v) is 5.74. The van der Waals surface area contributed by atoms with Gasteiger partial charge in [0.2, 0.25) is 0 Å². The lowest BCUT2D eigenvalue weighted by molar-refractivity contribution is 0.196. The molecule has 0 amide bonds. The van der Waals surface area contributed by atoms with Crippen molar-refractivity contribution in [1.82, 2.24) is 14.4 Å². The van der Waals surface area contributed by atoms with Crippen molar-refractivity contribution in [1.29, 1.82) is 0 Å². The van der Waals surface area contributed by atoms with Gasteiger partial charge in [0.15, 0.2) is 0 Å². The van der Waals surface area contributed by atoms with E-state index in [1.165, 1.54) is 15.8 Å². The number of H-pyrrole nitrogens is 1. The summed E-state index contributed by atoms with van der Waals surface area (Å²) in [4.78, 5) is 9.23. The van der Waals surface area contributed by atoms with Gasteiger partial charge >= 0.3 is 0 Å². The summed E-state index contributed by atoms with van der Waals surface area (Å²) in [6.45, 7) is 1.82. The minimum Gasteiger partial charge on any atom is -0.393 e. The average molecular weight is 373 g/mol. The summed E-state index contributed by atoms with van der Waals surface area (Å²) in [5.41, 5.74) is 6.45.